The highest BCUT2D eigenvalue weighted by atomic mass is 16.6. The van der Waals surface area contributed by atoms with E-state index in [2.05, 4.69) is 26.1 Å². The molecule has 0 bridgehead atoms. The van der Waals surface area contributed by atoms with E-state index in [0.717, 1.165) is 31.1 Å². The molecule has 1 amide bonds. The average Bonchev–Trinajstić information content (AvgIpc) is 3.36. The first-order valence-corrected chi connectivity index (χ1v) is 14.6. The molecule has 0 aromatic heterocycles. The minimum absolute atomic E-state index is 0.0665. The number of hydrogen-bond donors (Lipinski definition) is 2. The van der Waals surface area contributed by atoms with Gasteiger partial charge in [-0.25, -0.2) is 4.79 Å². The third-order valence-corrected chi connectivity index (χ3v) is 12.9. The van der Waals surface area contributed by atoms with E-state index in [1.165, 1.54) is 51.4 Å². The largest absolute Gasteiger partial charge is 0.443 e. The molecular weight excluding hydrogens is 438 g/mol. The number of amides is 1. The standard InChI is InChI=1S/C30H49NO4/c1-26(2,35-25(33)31-6)16-18-7-8-20-22(34-18)15-21-19-9-10-23-27(3,4)24(32)11-12-30(23)17-29(19,30)14-13-28(20,21)5/h18-24,32H,7-17H2,1-6H3,(H,31,33)/t18-,19?,20?,21?,22-,23?,24?,28?,29?,30?/m1/s1. The van der Waals surface area contributed by atoms with E-state index in [4.69, 9.17) is 9.47 Å². The lowest BCUT2D eigenvalue weighted by molar-refractivity contribution is -0.137. The third kappa shape index (κ3) is 3.28. The molecule has 6 rings (SSSR count). The van der Waals surface area contributed by atoms with Crippen LogP contribution in [-0.4, -0.2) is 42.2 Å². The summed E-state index contributed by atoms with van der Waals surface area (Å²) in [6.07, 6.45) is 13.5. The molecule has 35 heavy (non-hydrogen) atoms. The SMILES string of the molecule is CNC(=O)OC(C)(C)C[C@H]1CCC2[C@@H](CC3C4CCC5C(C)(C)C(O)CCC56CC46CCC32C)O1. The molecule has 0 aromatic rings. The second-order valence-corrected chi connectivity index (χ2v) is 15.0. The highest BCUT2D eigenvalue weighted by Crippen LogP contribution is 2.87. The van der Waals surface area contributed by atoms with Crippen LogP contribution >= 0.6 is 0 Å². The van der Waals surface area contributed by atoms with Crippen molar-refractivity contribution in [2.45, 2.75) is 129 Å². The smallest absolute Gasteiger partial charge is 0.407 e. The first kappa shape index (κ1) is 24.5. The van der Waals surface area contributed by atoms with Crippen LogP contribution in [0.3, 0.4) is 0 Å². The van der Waals surface area contributed by atoms with Crippen molar-refractivity contribution >= 4 is 6.09 Å². The van der Waals surface area contributed by atoms with E-state index < -0.39 is 5.60 Å². The van der Waals surface area contributed by atoms with Crippen molar-refractivity contribution in [3.63, 3.8) is 0 Å². The fourth-order valence-electron chi connectivity index (χ4n) is 11.4. The Morgan fingerprint density at radius 1 is 1.00 bits per heavy atom. The van der Waals surface area contributed by atoms with Gasteiger partial charge in [0.1, 0.15) is 5.60 Å². The summed E-state index contributed by atoms with van der Waals surface area (Å²) in [5.74, 6) is 3.02. The van der Waals surface area contributed by atoms with E-state index in [-0.39, 0.29) is 23.7 Å². The predicted molar refractivity (Wildman–Crippen MR) is 136 cm³/mol. The molecule has 8 unspecified atom stereocenters. The number of aliphatic hydroxyl groups is 1. The van der Waals surface area contributed by atoms with Gasteiger partial charge in [-0.2, -0.15) is 0 Å². The summed E-state index contributed by atoms with van der Waals surface area (Å²) >= 11 is 0. The van der Waals surface area contributed by atoms with Crippen molar-refractivity contribution in [3.05, 3.63) is 0 Å². The van der Waals surface area contributed by atoms with E-state index >= 15 is 0 Å². The van der Waals surface area contributed by atoms with Crippen LogP contribution in [0.4, 0.5) is 4.79 Å². The zero-order valence-corrected chi connectivity index (χ0v) is 23.0. The van der Waals surface area contributed by atoms with Crippen LogP contribution in [0.25, 0.3) is 0 Å². The van der Waals surface area contributed by atoms with Gasteiger partial charge in [-0.15, -0.1) is 0 Å². The molecular formula is C30H49NO4. The van der Waals surface area contributed by atoms with Gasteiger partial charge < -0.3 is 19.9 Å². The minimum atomic E-state index is -0.520. The fraction of sp³-hybridized carbons (Fsp3) is 0.967. The number of aliphatic hydroxyl groups excluding tert-OH is 1. The zero-order chi connectivity index (χ0) is 25.0. The average molecular weight is 488 g/mol. The summed E-state index contributed by atoms with van der Waals surface area (Å²) < 4.78 is 12.5. The van der Waals surface area contributed by atoms with Crippen LogP contribution in [0.2, 0.25) is 0 Å². The number of hydrogen-bond acceptors (Lipinski definition) is 4. The lowest BCUT2D eigenvalue weighted by atomic mass is 9.46. The predicted octanol–water partition coefficient (Wildman–Crippen LogP) is 6.08. The number of carbonyl (C=O) groups excluding carboxylic acids is 1. The maximum absolute atomic E-state index is 11.8. The summed E-state index contributed by atoms with van der Waals surface area (Å²) in [6.45, 7) is 11.3. The topological polar surface area (TPSA) is 67.8 Å². The number of fused-ring (bicyclic) bond motifs is 4. The Labute approximate surface area is 212 Å². The van der Waals surface area contributed by atoms with Gasteiger partial charge in [0.15, 0.2) is 0 Å². The van der Waals surface area contributed by atoms with Crippen molar-refractivity contribution in [1.29, 1.82) is 0 Å². The monoisotopic (exact) mass is 487 g/mol. The van der Waals surface area contributed by atoms with Gasteiger partial charge in [0.25, 0.3) is 0 Å². The zero-order valence-electron chi connectivity index (χ0n) is 23.0. The summed E-state index contributed by atoms with van der Waals surface area (Å²) in [5.41, 5.74) is 1.02. The molecule has 1 aliphatic heterocycles. The molecule has 0 radical (unpaired) electrons. The molecule has 2 N–H and O–H groups in total. The van der Waals surface area contributed by atoms with Gasteiger partial charge in [-0.05, 0) is 123 Å². The molecule has 198 valence electrons. The molecule has 1 saturated heterocycles. The molecule has 10 atom stereocenters. The van der Waals surface area contributed by atoms with E-state index in [9.17, 15) is 9.90 Å². The van der Waals surface area contributed by atoms with Crippen molar-refractivity contribution in [1.82, 2.24) is 5.32 Å². The Morgan fingerprint density at radius 2 is 1.74 bits per heavy atom. The Morgan fingerprint density at radius 3 is 2.49 bits per heavy atom. The Balaban J connectivity index is 1.19. The van der Waals surface area contributed by atoms with Crippen LogP contribution in [0, 0.1) is 45.3 Å². The Kier molecular flexibility index (Phi) is 5.34. The van der Waals surface area contributed by atoms with Gasteiger partial charge in [0.2, 0.25) is 0 Å². The fourth-order valence-corrected chi connectivity index (χ4v) is 11.4. The molecule has 5 aliphatic carbocycles. The molecule has 5 nitrogen and oxygen atoms in total. The van der Waals surface area contributed by atoms with Crippen LogP contribution in [0.5, 0.6) is 0 Å². The molecule has 5 heteroatoms. The van der Waals surface area contributed by atoms with E-state index in [0.29, 0.717) is 34.2 Å². The lowest BCUT2D eigenvalue weighted by Crippen LogP contribution is -2.54. The van der Waals surface area contributed by atoms with Crippen molar-refractivity contribution < 1.29 is 19.4 Å². The number of rotatable bonds is 3. The molecule has 6 aliphatic rings. The first-order valence-electron chi connectivity index (χ1n) is 14.6. The number of alkyl carbamates (subject to hydrolysis) is 1. The van der Waals surface area contributed by atoms with Crippen molar-refractivity contribution in [3.8, 4) is 0 Å². The highest BCUT2D eigenvalue weighted by Gasteiger charge is 2.80. The maximum Gasteiger partial charge on any atom is 0.407 e. The Bertz CT molecular complexity index is 886. The molecule has 2 spiro atoms. The first-order chi connectivity index (χ1) is 16.4. The van der Waals surface area contributed by atoms with Crippen LogP contribution in [0.15, 0.2) is 0 Å². The van der Waals surface area contributed by atoms with Crippen LogP contribution < -0.4 is 5.32 Å². The summed E-state index contributed by atoms with van der Waals surface area (Å²) in [4.78, 5) is 11.8. The normalized spacial score (nSPS) is 51.7. The van der Waals surface area contributed by atoms with Gasteiger partial charge in [-0.1, -0.05) is 20.8 Å². The van der Waals surface area contributed by atoms with Gasteiger partial charge in [0, 0.05) is 13.5 Å². The van der Waals surface area contributed by atoms with Crippen LogP contribution in [0.1, 0.15) is 105 Å². The third-order valence-electron chi connectivity index (χ3n) is 12.9. The second-order valence-electron chi connectivity index (χ2n) is 15.0. The minimum Gasteiger partial charge on any atom is -0.443 e. The molecule has 6 fully saturated rings. The summed E-state index contributed by atoms with van der Waals surface area (Å²) in [7, 11) is 1.61. The van der Waals surface area contributed by atoms with Crippen LogP contribution in [-0.2, 0) is 9.47 Å². The number of nitrogens with one attached hydrogen (secondary N) is 1. The van der Waals surface area contributed by atoms with E-state index in [1.54, 1.807) is 7.05 Å². The maximum atomic E-state index is 11.8. The second kappa shape index (κ2) is 7.62. The van der Waals surface area contributed by atoms with Gasteiger partial charge >= 0.3 is 6.09 Å². The van der Waals surface area contributed by atoms with Crippen molar-refractivity contribution in [2.75, 3.05) is 7.05 Å². The lowest BCUT2D eigenvalue weighted by Gasteiger charge is -2.59. The molecule has 5 saturated carbocycles. The highest BCUT2D eigenvalue weighted by molar-refractivity contribution is 5.67. The summed E-state index contributed by atoms with van der Waals surface area (Å²) in [6, 6.07) is 0. The van der Waals surface area contributed by atoms with E-state index in [1.807, 2.05) is 13.8 Å². The van der Waals surface area contributed by atoms with Gasteiger partial charge in [0.05, 0.1) is 18.3 Å². The molecule has 1 heterocycles. The number of ether oxygens (including phenoxy) is 2. The quantitative estimate of drug-likeness (QED) is 0.506. The molecule has 0 aromatic carbocycles. The summed E-state index contributed by atoms with van der Waals surface area (Å²) in [5, 5.41) is 13.4. The van der Waals surface area contributed by atoms with Gasteiger partial charge in [-0.3, -0.25) is 0 Å². The number of carbonyl (C=O) groups is 1. The Hall–Kier alpha value is -0.810. The van der Waals surface area contributed by atoms with Crippen molar-refractivity contribution in [2.24, 2.45) is 45.3 Å².